The number of carboxylic acid groups (broad SMARTS) is 1. The number of hydrogen-bond donors (Lipinski definition) is 3. The van der Waals surface area contributed by atoms with E-state index in [4.69, 9.17) is 14.6 Å². The van der Waals surface area contributed by atoms with Crippen molar-refractivity contribution in [1.82, 2.24) is 5.32 Å². The smallest absolute Gasteiger partial charge is 0.328 e. The van der Waals surface area contributed by atoms with Crippen LogP contribution in [0.1, 0.15) is 13.8 Å². The van der Waals surface area contributed by atoms with Gasteiger partial charge < -0.3 is 25.0 Å². The van der Waals surface area contributed by atoms with Crippen LogP contribution in [0.5, 0.6) is 11.5 Å². The van der Waals surface area contributed by atoms with Gasteiger partial charge in [-0.25, -0.2) is 4.79 Å². The van der Waals surface area contributed by atoms with E-state index in [1.165, 1.54) is 6.92 Å². The number of ether oxygens (including phenoxy) is 2. The summed E-state index contributed by atoms with van der Waals surface area (Å²) in [4.78, 5) is 23.1. The highest BCUT2D eigenvalue weighted by Gasteiger charge is 2.36. The van der Waals surface area contributed by atoms with Crippen LogP contribution in [0, 0.1) is 0 Å². The van der Waals surface area contributed by atoms with Gasteiger partial charge in [0.15, 0.2) is 17.5 Å². The highest BCUT2D eigenvalue weighted by atomic mass is 16.6. The van der Waals surface area contributed by atoms with Gasteiger partial charge in [0.1, 0.15) is 6.10 Å². The maximum Gasteiger partial charge on any atom is 0.328 e. The van der Waals surface area contributed by atoms with Crippen molar-refractivity contribution in [2.75, 3.05) is 0 Å². The Kier molecular flexibility index (Phi) is 4.32. The monoisotopic (exact) mass is 295 g/mol. The molecular weight excluding hydrogens is 278 g/mol. The first-order chi connectivity index (χ1) is 9.90. The molecule has 1 aliphatic heterocycles. The average Bonchev–Trinajstić information content (AvgIpc) is 2.43. The summed E-state index contributed by atoms with van der Waals surface area (Å²) in [6.07, 6.45) is -2.79. The summed E-state index contributed by atoms with van der Waals surface area (Å²) in [6.45, 7) is 2.94. The van der Waals surface area contributed by atoms with Crippen LogP contribution in [0.4, 0.5) is 0 Å². The average molecular weight is 295 g/mol. The van der Waals surface area contributed by atoms with Crippen molar-refractivity contribution in [3.63, 3.8) is 0 Å². The largest absolute Gasteiger partial charge is 0.482 e. The number of carbonyl (C=O) groups is 2. The number of aliphatic carboxylic acids is 1. The van der Waals surface area contributed by atoms with Crippen molar-refractivity contribution < 1.29 is 29.3 Å². The molecule has 1 aromatic rings. The number of benzene rings is 1. The Balaban J connectivity index is 2.11. The summed E-state index contributed by atoms with van der Waals surface area (Å²) < 4.78 is 11.1. The van der Waals surface area contributed by atoms with E-state index in [1.807, 2.05) is 0 Å². The Hall–Kier alpha value is -2.28. The van der Waals surface area contributed by atoms with Gasteiger partial charge in [0.05, 0.1) is 6.10 Å². The van der Waals surface area contributed by atoms with Crippen molar-refractivity contribution in [1.29, 1.82) is 0 Å². The number of aliphatic hydroxyl groups excluding tert-OH is 1. The van der Waals surface area contributed by atoms with Crippen molar-refractivity contribution in [3.8, 4) is 11.5 Å². The Morgan fingerprint density at radius 1 is 1.24 bits per heavy atom. The molecule has 1 amide bonds. The van der Waals surface area contributed by atoms with Crippen molar-refractivity contribution >= 4 is 11.9 Å². The van der Waals surface area contributed by atoms with Crippen LogP contribution in [0.3, 0.4) is 0 Å². The van der Waals surface area contributed by atoms with Crippen LogP contribution in [0.15, 0.2) is 24.3 Å². The highest BCUT2D eigenvalue weighted by molar-refractivity contribution is 5.87. The fourth-order valence-corrected chi connectivity index (χ4v) is 2.03. The SMILES string of the molecule is CC1Oc2ccccc2OC1C(=O)N[C@H](C(=O)O)[C@@H](C)O. The molecule has 7 nitrogen and oxygen atoms in total. The molecule has 114 valence electrons. The molecule has 0 aromatic heterocycles. The third-order valence-electron chi connectivity index (χ3n) is 3.15. The summed E-state index contributed by atoms with van der Waals surface area (Å²) in [6, 6.07) is 5.50. The summed E-state index contributed by atoms with van der Waals surface area (Å²) in [7, 11) is 0. The Morgan fingerprint density at radius 3 is 2.33 bits per heavy atom. The molecule has 2 rings (SSSR count). The Morgan fingerprint density at radius 2 is 1.81 bits per heavy atom. The van der Waals surface area contributed by atoms with E-state index >= 15 is 0 Å². The second kappa shape index (κ2) is 6.01. The van der Waals surface area contributed by atoms with Gasteiger partial charge in [-0.3, -0.25) is 4.79 Å². The number of fused-ring (bicyclic) bond motifs is 1. The minimum absolute atomic E-state index is 0.416. The molecule has 21 heavy (non-hydrogen) atoms. The minimum atomic E-state index is -1.40. The van der Waals surface area contributed by atoms with Gasteiger partial charge >= 0.3 is 5.97 Å². The maximum absolute atomic E-state index is 12.1. The van der Waals surface area contributed by atoms with Crippen LogP contribution in [0.2, 0.25) is 0 Å². The van der Waals surface area contributed by atoms with Crippen molar-refractivity contribution in [2.24, 2.45) is 0 Å². The Bertz CT molecular complexity index is 544. The number of para-hydroxylation sites is 2. The lowest BCUT2D eigenvalue weighted by molar-refractivity contribution is -0.147. The standard InChI is InChI=1S/C14H17NO6/c1-7(16)11(14(18)19)15-13(17)12-8(2)20-9-5-3-4-6-10(9)21-12/h3-8,11-12,16H,1-2H3,(H,15,17)(H,18,19)/t7-,8?,11+,12?/m1/s1. The number of carboxylic acids is 1. The predicted octanol–water partition coefficient (Wildman–Crippen LogP) is 0.165. The van der Waals surface area contributed by atoms with Crippen LogP contribution < -0.4 is 14.8 Å². The molecule has 2 unspecified atom stereocenters. The predicted molar refractivity (Wildman–Crippen MR) is 72.2 cm³/mol. The molecule has 7 heteroatoms. The molecule has 0 spiro atoms. The normalized spacial score (nSPS) is 23.0. The molecule has 0 bridgehead atoms. The Labute approximate surface area is 121 Å². The highest BCUT2D eigenvalue weighted by Crippen LogP contribution is 2.33. The summed E-state index contributed by atoms with van der Waals surface area (Å²) >= 11 is 0. The van der Waals surface area contributed by atoms with E-state index in [1.54, 1.807) is 31.2 Å². The molecule has 0 saturated heterocycles. The van der Waals surface area contributed by atoms with E-state index < -0.39 is 36.2 Å². The number of carbonyl (C=O) groups excluding carboxylic acids is 1. The van der Waals surface area contributed by atoms with Gasteiger partial charge in [-0.2, -0.15) is 0 Å². The maximum atomic E-state index is 12.1. The first-order valence-electron chi connectivity index (χ1n) is 6.53. The van der Waals surface area contributed by atoms with Crippen LogP contribution >= 0.6 is 0 Å². The van der Waals surface area contributed by atoms with Crippen LogP contribution in [-0.2, 0) is 9.59 Å². The first-order valence-corrected chi connectivity index (χ1v) is 6.53. The summed E-state index contributed by atoms with van der Waals surface area (Å²) in [5, 5.41) is 20.6. The third-order valence-corrected chi connectivity index (χ3v) is 3.15. The molecule has 4 atom stereocenters. The second-order valence-corrected chi connectivity index (χ2v) is 4.87. The molecule has 0 fully saturated rings. The molecular formula is C14H17NO6. The van der Waals surface area contributed by atoms with Gasteiger partial charge in [-0.1, -0.05) is 12.1 Å². The number of rotatable bonds is 4. The van der Waals surface area contributed by atoms with Crippen molar-refractivity contribution in [3.05, 3.63) is 24.3 Å². The van der Waals surface area contributed by atoms with Gasteiger partial charge in [0.25, 0.3) is 5.91 Å². The molecule has 0 radical (unpaired) electrons. The van der Waals surface area contributed by atoms with Crippen LogP contribution in [-0.4, -0.2) is 46.4 Å². The van der Waals surface area contributed by atoms with Gasteiger partial charge in [0, 0.05) is 0 Å². The summed E-state index contributed by atoms with van der Waals surface area (Å²) in [5.74, 6) is -1.02. The zero-order valence-corrected chi connectivity index (χ0v) is 11.6. The number of aliphatic hydroxyl groups is 1. The fraction of sp³-hybridized carbons (Fsp3) is 0.429. The van der Waals surface area contributed by atoms with E-state index in [-0.39, 0.29) is 0 Å². The summed E-state index contributed by atoms with van der Waals surface area (Å²) in [5.41, 5.74) is 0. The second-order valence-electron chi connectivity index (χ2n) is 4.87. The minimum Gasteiger partial charge on any atom is -0.482 e. The lowest BCUT2D eigenvalue weighted by Crippen LogP contribution is -2.55. The zero-order chi connectivity index (χ0) is 15.6. The lowest BCUT2D eigenvalue weighted by Gasteiger charge is -2.31. The van der Waals surface area contributed by atoms with E-state index in [0.717, 1.165) is 0 Å². The fourth-order valence-electron chi connectivity index (χ4n) is 2.03. The number of amides is 1. The van der Waals surface area contributed by atoms with E-state index in [9.17, 15) is 14.7 Å². The third kappa shape index (κ3) is 3.25. The number of nitrogens with one attached hydrogen (secondary N) is 1. The van der Waals surface area contributed by atoms with Crippen molar-refractivity contribution in [2.45, 2.75) is 38.2 Å². The van der Waals surface area contributed by atoms with Crippen LogP contribution in [0.25, 0.3) is 0 Å². The quantitative estimate of drug-likeness (QED) is 0.731. The molecule has 0 saturated carbocycles. The molecule has 1 aromatic carbocycles. The topological polar surface area (TPSA) is 105 Å². The molecule has 3 N–H and O–H groups in total. The van der Waals surface area contributed by atoms with Gasteiger partial charge in [0.2, 0.25) is 6.10 Å². The molecule has 1 aliphatic rings. The molecule has 1 heterocycles. The van der Waals surface area contributed by atoms with E-state index in [0.29, 0.717) is 11.5 Å². The zero-order valence-electron chi connectivity index (χ0n) is 11.6. The number of hydrogen-bond acceptors (Lipinski definition) is 5. The first kappa shape index (κ1) is 15.1. The van der Waals surface area contributed by atoms with E-state index in [2.05, 4.69) is 5.32 Å². The van der Waals surface area contributed by atoms with Gasteiger partial charge in [-0.15, -0.1) is 0 Å². The lowest BCUT2D eigenvalue weighted by atomic mass is 10.1. The molecule has 0 aliphatic carbocycles. The van der Waals surface area contributed by atoms with Gasteiger partial charge in [-0.05, 0) is 26.0 Å².